The first-order chi connectivity index (χ1) is 13.4. The first-order valence-corrected chi connectivity index (χ1v) is 8.81. The van der Waals surface area contributed by atoms with Crippen LogP contribution in [-0.4, -0.2) is 31.5 Å². The molecule has 0 aromatic heterocycles. The van der Waals surface area contributed by atoms with Gasteiger partial charge < -0.3 is 15.0 Å². The van der Waals surface area contributed by atoms with Crippen molar-refractivity contribution in [2.45, 2.75) is 20.5 Å². The molecule has 0 unspecified atom stereocenters. The Kier molecular flexibility index (Phi) is 7.52. The molecule has 0 aliphatic carbocycles. The normalized spacial score (nSPS) is 11.9. The third kappa shape index (κ3) is 4.86. The van der Waals surface area contributed by atoms with Crippen LogP contribution in [0.4, 0.5) is 4.39 Å². The molecular weight excluding hydrogens is 385 g/mol. The number of hydrogen-bond acceptors (Lipinski definition) is 5. The van der Waals surface area contributed by atoms with Crippen molar-refractivity contribution in [2.24, 2.45) is 10.3 Å². The zero-order valence-electron chi connectivity index (χ0n) is 16.0. The Hall–Kier alpha value is -2.93. The van der Waals surface area contributed by atoms with Gasteiger partial charge in [-0.05, 0) is 31.5 Å². The number of carbonyl (C=O) groups excluding carboxylic acids is 1. The topological polar surface area (TPSA) is 72.3 Å². The van der Waals surface area contributed by atoms with E-state index in [9.17, 15) is 9.18 Å². The number of halogens is 2. The lowest BCUT2D eigenvalue weighted by Crippen LogP contribution is -2.29. The number of carbonyl (C=O) groups is 1. The van der Waals surface area contributed by atoms with Gasteiger partial charge in [-0.2, -0.15) is 0 Å². The van der Waals surface area contributed by atoms with Crippen LogP contribution < -0.4 is 5.32 Å². The fraction of sp³-hybridized carbons (Fsp3) is 0.250. The van der Waals surface area contributed by atoms with Crippen molar-refractivity contribution in [1.82, 2.24) is 5.32 Å². The number of nitrogens with one attached hydrogen (secondary N) is 1. The van der Waals surface area contributed by atoms with Crippen LogP contribution in [0.5, 0.6) is 0 Å². The summed E-state index contributed by atoms with van der Waals surface area (Å²) in [5, 5.41) is 10.6. The highest BCUT2D eigenvalue weighted by atomic mass is 35.5. The quantitative estimate of drug-likeness (QED) is 0.562. The van der Waals surface area contributed by atoms with Crippen LogP contribution in [0.3, 0.4) is 0 Å². The Balaban J connectivity index is 2.32. The molecule has 8 heteroatoms. The van der Waals surface area contributed by atoms with Crippen molar-refractivity contribution < 1.29 is 18.9 Å². The van der Waals surface area contributed by atoms with Crippen LogP contribution in [0.1, 0.15) is 29.2 Å². The van der Waals surface area contributed by atoms with Crippen molar-refractivity contribution in [3.63, 3.8) is 0 Å². The Labute approximate surface area is 168 Å². The first kappa shape index (κ1) is 21.4. The van der Waals surface area contributed by atoms with Crippen LogP contribution in [0.25, 0.3) is 0 Å². The average molecular weight is 406 g/mol. The molecule has 0 bridgehead atoms. The van der Waals surface area contributed by atoms with E-state index < -0.39 is 11.7 Å². The van der Waals surface area contributed by atoms with Crippen LogP contribution in [0.2, 0.25) is 5.02 Å². The number of hydrogen-bond donors (Lipinski definition) is 1. The van der Waals surface area contributed by atoms with E-state index in [2.05, 4.69) is 15.6 Å². The Bertz CT molecular complexity index is 909. The molecule has 0 aliphatic heterocycles. The Morgan fingerprint density at radius 1 is 1.21 bits per heavy atom. The summed E-state index contributed by atoms with van der Waals surface area (Å²) >= 11 is 6.05. The summed E-state index contributed by atoms with van der Waals surface area (Å²) in [7, 11) is 2.87. The second kappa shape index (κ2) is 9.85. The molecule has 148 valence electrons. The summed E-state index contributed by atoms with van der Waals surface area (Å²) in [6, 6.07) is 9.82. The molecule has 0 spiro atoms. The van der Waals surface area contributed by atoms with Gasteiger partial charge in [-0.1, -0.05) is 46.2 Å². The molecule has 0 saturated heterocycles. The fourth-order valence-electron chi connectivity index (χ4n) is 2.62. The van der Waals surface area contributed by atoms with Gasteiger partial charge in [-0.25, -0.2) is 4.39 Å². The number of oxime groups is 2. The summed E-state index contributed by atoms with van der Waals surface area (Å²) in [4.78, 5) is 22.4. The molecule has 2 rings (SSSR count). The Morgan fingerprint density at radius 3 is 2.57 bits per heavy atom. The summed E-state index contributed by atoms with van der Waals surface area (Å²) in [6.45, 7) is 3.53. The lowest BCUT2D eigenvalue weighted by molar-refractivity contribution is -0.114. The number of benzene rings is 2. The number of nitrogens with zero attached hydrogens (tertiary/aromatic N) is 2. The molecule has 1 N–H and O–H groups in total. The molecule has 2 aromatic rings. The van der Waals surface area contributed by atoms with E-state index in [1.165, 1.54) is 26.3 Å². The Morgan fingerprint density at radius 2 is 1.93 bits per heavy atom. The van der Waals surface area contributed by atoms with Crippen molar-refractivity contribution in [3.05, 3.63) is 69.5 Å². The summed E-state index contributed by atoms with van der Waals surface area (Å²) in [5.41, 5.74) is 2.74. The van der Waals surface area contributed by atoms with Gasteiger partial charge in [0.05, 0.1) is 16.3 Å². The lowest BCUT2D eigenvalue weighted by Gasteiger charge is -2.13. The summed E-state index contributed by atoms with van der Waals surface area (Å²) < 4.78 is 14.0. The van der Waals surface area contributed by atoms with Crippen LogP contribution in [-0.2, 0) is 21.1 Å². The van der Waals surface area contributed by atoms with E-state index in [-0.39, 0.29) is 22.9 Å². The molecule has 0 aliphatic rings. The molecule has 28 heavy (non-hydrogen) atoms. The van der Waals surface area contributed by atoms with Crippen molar-refractivity contribution in [3.8, 4) is 0 Å². The van der Waals surface area contributed by atoms with Gasteiger partial charge in [0, 0.05) is 18.2 Å². The van der Waals surface area contributed by atoms with Gasteiger partial charge in [-0.3, -0.25) is 4.79 Å². The minimum absolute atomic E-state index is 0.0468. The molecule has 6 nitrogen and oxygen atoms in total. The van der Waals surface area contributed by atoms with Crippen molar-refractivity contribution >= 4 is 28.9 Å². The smallest absolute Gasteiger partial charge is 0.273 e. The first-order valence-electron chi connectivity index (χ1n) is 8.43. The molecular formula is C20H21ClFN3O3. The van der Waals surface area contributed by atoms with Crippen LogP contribution >= 0.6 is 11.6 Å². The second-order valence-corrected chi connectivity index (χ2v) is 6.26. The average Bonchev–Trinajstić information content (AvgIpc) is 2.66. The largest absolute Gasteiger partial charge is 0.398 e. The molecule has 0 saturated carbocycles. The van der Waals surface area contributed by atoms with E-state index in [1.807, 2.05) is 13.0 Å². The van der Waals surface area contributed by atoms with E-state index in [0.717, 1.165) is 5.56 Å². The highest BCUT2D eigenvalue weighted by molar-refractivity contribution is 6.45. The van der Waals surface area contributed by atoms with Gasteiger partial charge in [-0.15, -0.1) is 0 Å². The van der Waals surface area contributed by atoms with Gasteiger partial charge in [0.2, 0.25) is 0 Å². The standard InChI is InChI=1S/C20H21ClFN3O3/c1-12-7-5-8-14(19(25-27-4)20(26)23-3)15(12)11-28-24-13(2)18-16(21)9-6-10-17(18)22/h5-10H,11H2,1-4H3,(H,23,26)/b24-13+,25-19+. The third-order valence-electron chi connectivity index (χ3n) is 4.03. The molecule has 2 aromatic carbocycles. The fourth-order valence-corrected chi connectivity index (χ4v) is 2.92. The van der Waals surface area contributed by atoms with Gasteiger partial charge in [0.15, 0.2) is 5.71 Å². The zero-order chi connectivity index (χ0) is 20.7. The molecule has 0 heterocycles. The minimum Gasteiger partial charge on any atom is -0.398 e. The van der Waals surface area contributed by atoms with Crippen molar-refractivity contribution in [2.75, 3.05) is 14.2 Å². The van der Waals surface area contributed by atoms with E-state index in [4.69, 9.17) is 21.3 Å². The predicted octanol–water partition coefficient (Wildman–Crippen LogP) is 3.82. The minimum atomic E-state index is -0.483. The third-order valence-corrected chi connectivity index (χ3v) is 4.34. The van der Waals surface area contributed by atoms with Crippen LogP contribution in [0.15, 0.2) is 46.7 Å². The van der Waals surface area contributed by atoms with Crippen molar-refractivity contribution in [1.29, 1.82) is 0 Å². The summed E-state index contributed by atoms with van der Waals surface area (Å²) in [5.74, 6) is -0.880. The lowest BCUT2D eigenvalue weighted by atomic mass is 9.98. The van der Waals surface area contributed by atoms with Gasteiger partial charge >= 0.3 is 0 Å². The number of likely N-dealkylation sites (N-methyl/N-ethyl adjacent to an activating group) is 1. The van der Waals surface area contributed by atoms with Crippen LogP contribution in [0, 0.1) is 12.7 Å². The van der Waals surface area contributed by atoms with E-state index in [0.29, 0.717) is 16.8 Å². The molecule has 0 fully saturated rings. The highest BCUT2D eigenvalue weighted by Crippen LogP contribution is 2.21. The summed E-state index contributed by atoms with van der Waals surface area (Å²) in [6.07, 6.45) is 0. The maximum Gasteiger partial charge on any atom is 0.273 e. The van der Waals surface area contributed by atoms with Gasteiger partial charge in [0.1, 0.15) is 19.5 Å². The zero-order valence-corrected chi connectivity index (χ0v) is 16.8. The monoisotopic (exact) mass is 405 g/mol. The van der Waals surface area contributed by atoms with E-state index in [1.54, 1.807) is 25.1 Å². The number of aryl methyl sites for hydroxylation is 1. The molecule has 0 radical (unpaired) electrons. The van der Waals surface area contributed by atoms with Gasteiger partial charge in [0.25, 0.3) is 5.91 Å². The molecule has 1 amide bonds. The SMILES string of the molecule is CNC(=O)/C(=N/OC)c1cccc(C)c1CO/N=C(\C)c1c(F)cccc1Cl. The maximum absolute atomic E-state index is 14.0. The molecule has 0 atom stereocenters. The highest BCUT2D eigenvalue weighted by Gasteiger charge is 2.19. The number of rotatable bonds is 7. The van der Waals surface area contributed by atoms with E-state index >= 15 is 0 Å². The number of amides is 1. The maximum atomic E-state index is 14.0. The predicted molar refractivity (Wildman–Crippen MR) is 107 cm³/mol. The second-order valence-electron chi connectivity index (χ2n) is 5.85.